The lowest BCUT2D eigenvalue weighted by Gasteiger charge is -2.31. The van der Waals surface area contributed by atoms with Crippen molar-refractivity contribution in [1.29, 1.82) is 0 Å². The van der Waals surface area contributed by atoms with Gasteiger partial charge in [-0.3, -0.25) is 4.79 Å². The second kappa shape index (κ2) is 11.2. The highest BCUT2D eigenvalue weighted by Crippen LogP contribution is 2.46. The van der Waals surface area contributed by atoms with Gasteiger partial charge < -0.3 is 28.4 Å². The molecule has 0 saturated carbocycles. The second-order valence-corrected chi connectivity index (χ2v) is 8.35. The molecule has 0 aromatic heterocycles. The molecular weight excluding hydrogens is 448 g/mol. The van der Waals surface area contributed by atoms with Crippen LogP contribution in [-0.4, -0.2) is 48.4 Å². The van der Waals surface area contributed by atoms with Crippen LogP contribution in [0.1, 0.15) is 37.3 Å². The van der Waals surface area contributed by atoms with Crippen LogP contribution in [0.25, 0.3) is 6.08 Å². The molecule has 0 heterocycles. The molecule has 0 N–H and O–H groups in total. The zero-order valence-corrected chi connectivity index (χ0v) is 21.7. The van der Waals surface area contributed by atoms with Crippen molar-refractivity contribution in [3.8, 4) is 34.5 Å². The zero-order chi connectivity index (χ0) is 25.7. The van der Waals surface area contributed by atoms with Crippen LogP contribution in [0.3, 0.4) is 0 Å². The average Bonchev–Trinajstić information content (AvgIpc) is 2.88. The van der Waals surface area contributed by atoms with Gasteiger partial charge in [0.15, 0.2) is 28.8 Å². The lowest BCUT2D eigenvalue weighted by molar-refractivity contribution is -0.116. The predicted octanol–water partition coefficient (Wildman–Crippen LogP) is 5.46. The maximum atomic E-state index is 13.0. The number of benzene rings is 2. The summed E-state index contributed by atoms with van der Waals surface area (Å²) in [5.41, 5.74) is 3.58. The number of Topliss-reactive ketones (excluding diaryl/α,β-unsaturated/α-hetero) is 1. The van der Waals surface area contributed by atoms with E-state index in [2.05, 4.69) is 6.92 Å². The fourth-order valence-electron chi connectivity index (χ4n) is 4.63. The van der Waals surface area contributed by atoms with Gasteiger partial charge in [-0.25, -0.2) is 0 Å². The van der Waals surface area contributed by atoms with Gasteiger partial charge in [-0.15, -0.1) is 0 Å². The minimum absolute atomic E-state index is 0.0421. The molecule has 0 fully saturated rings. The van der Waals surface area contributed by atoms with E-state index in [1.807, 2.05) is 43.3 Å². The Morgan fingerprint density at radius 1 is 0.714 bits per heavy atom. The van der Waals surface area contributed by atoms with E-state index in [9.17, 15) is 4.79 Å². The Labute approximate surface area is 207 Å². The average molecular weight is 483 g/mol. The molecule has 0 spiro atoms. The van der Waals surface area contributed by atoms with Crippen molar-refractivity contribution < 1.29 is 33.2 Å². The Bertz CT molecular complexity index is 1100. The van der Waals surface area contributed by atoms with Gasteiger partial charge in [-0.05, 0) is 65.3 Å². The summed E-state index contributed by atoms with van der Waals surface area (Å²) < 4.78 is 32.9. The summed E-state index contributed by atoms with van der Waals surface area (Å²) >= 11 is 0. The second-order valence-electron chi connectivity index (χ2n) is 8.35. The van der Waals surface area contributed by atoms with E-state index in [-0.39, 0.29) is 17.6 Å². The summed E-state index contributed by atoms with van der Waals surface area (Å²) in [7, 11) is 9.49. The van der Waals surface area contributed by atoms with Crippen molar-refractivity contribution in [2.45, 2.75) is 26.2 Å². The molecular formula is C28H34O7. The fraction of sp³-hybridized carbons (Fsp3) is 0.393. The van der Waals surface area contributed by atoms with Crippen LogP contribution in [0.2, 0.25) is 0 Å². The zero-order valence-electron chi connectivity index (χ0n) is 21.7. The van der Waals surface area contributed by atoms with Crippen LogP contribution in [0, 0.1) is 5.92 Å². The summed E-state index contributed by atoms with van der Waals surface area (Å²) in [6.45, 7) is 4.03. The van der Waals surface area contributed by atoms with E-state index in [0.29, 0.717) is 40.9 Å². The van der Waals surface area contributed by atoms with Crippen LogP contribution >= 0.6 is 0 Å². The monoisotopic (exact) mass is 482 g/mol. The number of hydrogen-bond donors (Lipinski definition) is 0. The summed E-state index contributed by atoms with van der Waals surface area (Å²) in [5.74, 6) is 3.50. The minimum Gasteiger partial charge on any atom is -0.493 e. The molecule has 7 heteroatoms. The van der Waals surface area contributed by atoms with Gasteiger partial charge >= 0.3 is 0 Å². The normalized spacial score (nSPS) is 18.0. The van der Waals surface area contributed by atoms with Crippen LogP contribution < -0.4 is 28.4 Å². The van der Waals surface area contributed by atoms with E-state index < -0.39 is 0 Å². The van der Waals surface area contributed by atoms with E-state index in [1.165, 1.54) is 0 Å². The first kappa shape index (κ1) is 26.0. The highest BCUT2D eigenvalue weighted by atomic mass is 16.5. The number of carbonyl (C=O) groups is 1. The molecule has 2 aromatic rings. The number of ketones is 1. The molecule has 35 heavy (non-hydrogen) atoms. The van der Waals surface area contributed by atoms with Gasteiger partial charge in [-0.2, -0.15) is 0 Å². The Kier molecular flexibility index (Phi) is 8.33. The third kappa shape index (κ3) is 5.09. The first-order valence-corrected chi connectivity index (χ1v) is 11.3. The molecule has 0 radical (unpaired) electrons. The van der Waals surface area contributed by atoms with Crippen molar-refractivity contribution in [3.63, 3.8) is 0 Å². The van der Waals surface area contributed by atoms with Crippen molar-refractivity contribution in [2.24, 2.45) is 5.92 Å². The molecule has 3 rings (SSSR count). The van der Waals surface area contributed by atoms with E-state index in [0.717, 1.165) is 22.3 Å². The fourth-order valence-corrected chi connectivity index (χ4v) is 4.63. The molecule has 0 saturated heterocycles. The van der Waals surface area contributed by atoms with Crippen molar-refractivity contribution >= 4 is 11.9 Å². The van der Waals surface area contributed by atoms with Gasteiger partial charge in [0, 0.05) is 6.42 Å². The maximum Gasteiger partial charge on any atom is 0.203 e. The number of methoxy groups -OCH3 is 6. The van der Waals surface area contributed by atoms with E-state index in [1.54, 1.807) is 42.7 Å². The maximum absolute atomic E-state index is 13.0. The SMILES string of the molecule is COc1cc(/C=C/C2=C(C)C(=O)C[C@@H](c3cc(OC)c(OC)c(OC)c3)[C@@H]2C)cc(OC)c1OC. The molecule has 2 atom stereocenters. The van der Waals surface area contributed by atoms with Crippen molar-refractivity contribution in [2.75, 3.05) is 42.7 Å². The lowest BCUT2D eigenvalue weighted by Crippen LogP contribution is -2.24. The predicted molar refractivity (Wildman–Crippen MR) is 135 cm³/mol. The number of carbonyl (C=O) groups excluding carboxylic acids is 1. The molecule has 188 valence electrons. The Balaban J connectivity index is 2.02. The number of hydrogen-bond acceptors (Lipinski definition) is 7. The summed E-state index contributed by atoms with van der Waals surface area (Å²) in [5, 5.41) is 0. The third-order valence-corrected chi connectivity index (χ3v) is 6.61. The first-order chi connectivity index (χ1) is 16.8. The van der Waals surface area contributed by atoms with Gasteiger partial charge in [-0.1, -0.05) is 19.1 Å². The smallest absolute Gasteiger partial charge is 0.203 e. The Hall–Kier alpha value is -3.61. The van der Waals surface area contributed by atoms with Crippen LogP contribution in [0.5, 0.6) is 34.5 Å². The molecule has 0 aliphatic heterocycles. The molecule has 0 bridgehead atoms. The van der Waals surface area contributed by atoms with Crippen LogP contribution in [0.4, 0.5) is 0 Å². The van der Waals surface area contributed by atoms with E-state index >= 15 is 0 Å². The van der Waals surface area contributed by atoms with Crippen molar-refractivity contribution in [1.82, 2.24) is 0 Å². The summed E-state index contributed by atoms with van der Waals surface area (Å²) in [6, 6.07) is 7.60. The van der Waals surface area contributed by atoms with E-state index in [4.69, 9.17) is 28.4 Å². The van der Waals surface area contributed by atoms with Gasteiger partial charge in [0.05, 0.1) is 42.7 Å². The van der Waals surface area contributed by atoms with Gasteiger partial charge in [0.25, 0.3) is 0 Å². The molecule has 1 aliphatic rings. The largest absolute Gasteiger partial charge is 0.493 e. The highest BCUT2D eigenvalue weighted by Gasteiger charge is 2.33. The molecule has 2 aromatic carbocycles. The Morgan fingerprint density at radius 2 is 1.17 bits per heavy atom. The number of allylic oxidation sites excluding steroid dienone is 3. The quantitative estimate of drug-likeness (QED) is 0.470. The van der Waals surface area contributed by atoms with Crippen LogP contribution in [0.15, 0.2) is 41.5 Å². The third-order valence-electron chi connectivity index (χ3n) is 6.61. The highest BCUT2D eigenvalue weighted by molar-refractivity contribution is 5.98. The lowest BCUT2D eigenvalue weighted by atomic mass is 9.72. The number of rotatable bonds is 9. The topological polar surface area (TPSA) is 72.5 Å². The van der Waals surface area contributed by atoms with Crippen molar-refractivity contribution in [3.05, 3.63) is 52.6 Å². The Morgan fingerprint density at radius 3 is 1.60 bits per heavy atom. The molecule has 0 unspecified atom stereocenters. The number of ether oxygens (including phenoxy) is 6. The molecule has 7 nitrogen and oxygen atoms in total. The summed E-state index contributed by atoms with van der Waals surface area (Å²) in [4.78, 5) is 13.0. The van der Waals surface area contributed by atoms with Gasteiger partial charge in [0.1, 0.15) is 0 Å². The first-order valence-electron chi connectivity index (χ1n) is 11.3. The van der Waals surface area contributed by atoms with Gasteiger partial charge in [0.2, 0.25) is 11.5 Å². The van der Waals surface area contributed by atoms with Crippen LogP contribution in [-0.2, 0) is 4.79 Å². The molecule has 1 aliphatic carbocycles. The molecule has 0 amide bonds. The standard InChI is InChI=1S/C28H34O7/c1-16-20(10-9-18-11-23(30-3)27(34-7)24(12-18)31-4)17(2)22(29)15-21(16)19-13-25(32-5)28(35-8)26(14-19)33-6/h9-14,16,21H,15H2,1-8H3/b10-9+/t16-,21-/m1/s1. The minimum atomic E-state index is -0.0421. The summed E-state index contributed by atoms with van der Waals surface area (Å²) in [6.07, 6.45) is 4.38.